The van der Waals surface area contributed by atoms with Crippen molar-refractivity contribution in [3.8, 4) is 11.4 Å². The summed E-state index contributed by atoms with van der Waals surface area (Å²) >= 11 is 0. The Balaban J connectivity index is 2.06. The fraction of sp³-hybridized carbons (Fsp3) is 0.400. The van der Waals surface area contributed by atoms with Gasteiger partial charge in [0.2, 0.25) is 0 Å². The summed E-state index contributed by atoms with van der Waals surface area (Å²) < 4.78 is 39.3. The highest BCUT2D eigenvalue weighted by atomic mass is 19.4. The summed E-state index contributed by atoms with van der Waals surface area (Å²) in [5, 5.41) is 0. The van der Waals surface area contributed by atoms with Crippen LogP contribution in [0.1, 0.15) is 25.0 Å². The van der Waals surface area contributed by atoms with E-state index < -0.39 is 11.9 Å². The minimum atomic E-state index is -4.49. The number of nitrogens with zero attached hydrogens (tertiary/aromatic N) is 4. The van der Waals surface area contributed by atoms with Gasteiger partial charge in [-0.2, -0.15) is 13.2 Å². The van der Waals surface area contributed by atoms with Crippen molar-refractivity contribution in [1.29, 1.82) is 0 Å². The second-order valence-corrected chi connectivity index (χ2v) is 5.22. The quantitative estimate of drug-likeness (QED) is 0.851. The van der Waals surface area contributed by atoms with Gasteiger partial charge in [0, 0.05) is 37.1 Å². The van der Waals surface area contributed by atoms with Crippen LogP contribution in [0.3, 0.4) is 0 Å². The maximum absolute atomic E-state index is 13.1. The average molecular weight is 308 g/mol. The summed E-state index contributed by atoms with van der Waals surface area (Å²) in [6, 6.07) is 4.25. The lowest BCUT2D eigenvalue weighted by molar-refractivity contribution is -0.141. The third-order valence-electron chi connectivity index (χ3n) is 3.62. The molecule has 0 N–H and O–H groups in total. The van der Waals surface area contributed by atoms with Crippen molar-refractivity contribution >= 4 is 5.82 Å². The van der Waals surface area contributed by atoms with Gasteiger partial charge in [-0.1, -0.05) is 0 Å². The maximum atomic E-state index is 13.1. The molecule has 4 nitrogen and oxygen atoms in total. The maximum Gasteiger partial charge on any atom is 0.433 e. The van der Waals surface area contributed by atoms with E-state index in [-0.39, 0.29) is 5.82 Å². The van der Waals surface area contributed by atoms with Gasteiger partial charge in [-0.3, -0.25) is 4.98 Å². The van der Waals surface area contributed by atoms with Crippen molar-refractivity contribution in [2.75, 3.05) is 18.0 Å². The molecule has 2 aromatic heterocycles. The Morgan fingerprint density at radius 2 is 1.64 bits per heavy atom. The molecule has 3 heterocycles. The molecule has 22 heavy (non-hydrogen) atoms. The number of anilines is 1. The van der Waals surface area contributed by atoms with E-state index in [4.69, 9.17) is 0 Å². The third-order valence-corrected chi connectivity index (χ3v) is 3.62. The van der Waals surface area contributed by atoms with E-state index in [9.17, 15) is 13.2 Å². The molecular weight excluding hydrogens is 293 g/mol. The highest BCUT2D eigenvalue weighted by Crippen LogP contribution is 2.32. The van der Waals surface area contributed by atoms with E-state index in [0.29, 0.717) is 11.4 Å². The van der Waals surface area contributed by atoms with Crippen molar-refractivity contribution in [3.05, 3.63) is 36.3 Å². The van der Waals surface area contributed by atoms with Gasteiger partial charge in [-0.05, 0) is 31.4 Å². The molecule has 0 aromatic carbocycles. The topological polar surface area (TPSA) is 41.9 Å². The lowest BCUT2D eigenvalue weighted by Crippen LogP contribution is -2.30. The predicted molar refractivity (Wildman–Crippen MR) is 76.3 cm³/mol. The first-order valence-corrected chi connectivity index (χ1v) is 7.16. The lowest BCUT2D eigenvalue weighted by Gasteiger charge is -2.28. The minimum absolute atomic E-state index is 0.0813. The summed E-state index contributed by atoms with van der Waals surface area (Å²) in [5.74, 6) is 0.423. The third kappa shape index (κ3) is 3.18. The van der Waals surface area contributed by atoms with Crippen molar-refractivity contribution in [1.82, 2.24) is 15.0 Å². The van der Waals surface area contributed by atoms with E-state index >= 15 is 0 Å². The van der Waals surface area contributed by atoms with Crippen LogP contribution in [0.5, 0.6) is 0 Å². The van der Waals surface area contributed by atoms with Crippen LogP contribution in [0.2, 0.25) is 0 Å². The van der Waals surface area contributed by atoms with Gasteiger partial charge in [0.15, 0.2) is 11.5 Å². The lowest BCUT2D eigenvalue weighted by atomic mass is 10.1. The van der Waals surface area contributed by atoms with Crippen molar-refractivity contribution in [2.24, 2.45) is 0 Å². The number of pyridine rings is 1. The summed E-state index contributed by atoms with van der Waals surface area (Å²) in [4.78, 5) is 13.8. The largest absolute Gasteiger partial charge is 0.433 e. The Kier molecular flexibility index (Phi) is 3.96. The van der Waals surface area contributed by atoms with Gasteiger partial charge in [0.1, 0.15) is 5.82 Å². The number of hydrogen-bond acceptors (Lipinski definition) is 4. The number of alkyl halides is 3. The molecule has 1 aliphatic rings. The molecule has 116 valence electrons. The molecule has 0 unspecified atom stereocenters. The predicted octanol–water partition coefficient (Wildman–Crippen LogP) is 3.55. The molecular formula is C15H15F3N4. The molecule has 0 bridgehead atoms. The first kappa shape index (κ1) is 14.7. The van der Waals surface area contributed by atoms with Gasteiger partial charge < -0.3 is 4.90 Å². The summed E-state index contributed by atoms with van der Waals surface area (Å²) in [7, 11) is 0. The first-order valence-electron chi connectivity index (χ1n) is 7.16. The van der Waals surface area contributed by atoms with E-state index in [0.717, 1.165) is 38.4 Å². The molecule has 3 rings (SSSR count). The Morgan fingerprint density at radius 3 is 2.27 bits per heavy atom. The van der Waals surface area contributed by atoms with Crippen LogP contribution in [0.4, 0.5) is 19.0 Å². The first-order chi connectivity index (χ1) is 10.5. The highest BCUT2D eigenvalue weighted by molar-refractivity contribution is 5.57. The molecule has 7 heteroatoms. The average Bonchev–Trinajstić information content (AvgIpc) is 2.55. The van der Waals surface area contributed by atoms with E-state index in [1.807, 2.05) is 4.90 Å². The minimum Gasteiger partial charge on any atom is -0.356 e. The Labute approximate surface area is 126 Å². The van der Waals surface area contributed by atoms with Crippen LogP contribution >= 0.6 is 0 Å². The molecule has 1 saturated heterocycles. The zero-order valence-corrected chi connectivity index (χ0v) is 11.8. The monoisotopic (exact) mass is 308 g/mol. The normalized spacial score (nSPS) is 15.9. The summed E-state index contributed by atoms with van der Waals surface area (Å²) in [6.45, 7) is 1.45. The number of halogens is 3. The van der Waals surface area contributed by atoms with E-state index in [1.165, 1.54) is 12.4 Å². The second-order valence-electron chi connectivity index (χ2n) is 5.22. The molecule has 0 radical (unpaired) electrons. The van der Waals surface area contributed by atoms with Gasteiger partial charge in [-0.15, -0.1) is 0 Å². The van der Waals surface area contributed by atoms with Crippen LogP contribution in [0.15, 0.2) is 30.6 Å². The molecule has 0 atom stereocenters. The molecule has 0 saturated carbocycles. The number of rotatable bonds is 2. The second kappa shape index (κ2) is 5.90. The molecule has 1 aliphatic heterocycles. The van der Waals surface area contributed by atoms with Crippen LogP contribution in [-0.4, -0.2) is 28.0 Å². The van der Waals surface area contributed by atoms with Crippen LogP contribution in [0, 0.1) is 0 Å². The molecule has 1 fully saturated rings. The SMILES string of the molecule is FC(F)(F)c1cc(N2CCCCC2)nc(-c2ccncc2)n1. The van der Waals surface area contributed by atoms with Crippen LogP contribution in [0.25, 0.3) is 11.4 Å². The van der Waals surface area contributed by atoms with Crippen LogP contribution < -0.4 is 4.90 Å². The van der Waals surface area contributed by atoms with Crippen molar-refractivity contribution in [2.45, 2.75) is 25.4 Å². The van der Waals surface area contributed by atoms with Gasteiger partial charge in [-0.25, -0.2) is 9.97 Å². The Morgan fingerprint density at radius 1 is 0.955 bits per heavy atom. The molecule has 2 aromatic rings. The highest BCUT2D eigenvalue weighted by Gasteiger charge is 2.34. The van der Waals surface area contributed by atoms with E-state index in [1.54, 1.807) is 12.1 Å². The van der Waals surface area contributed by atoms with Crippen molar-refractivity contribution in [3.63, 3.8) is 0 Å². The Bertz CT molecular complexity index is 637. The fourth-order valence-corrected chi connectivity index (χ4v) is 2.49. The van der Waals surface area contributed by atoms with Gasteiger partial charge in [0.05, 0.1) is 0 Å². The Hall–Kier alpha value is -2.18. The zero-order chi connectivity index (χ0) is 15.6. The van der Waals surface area contributed by atoms with Crippen LogP contribution in [-0.2, 0) is 6.18 Å². The number of piperidine rings is 1. The summed E-state index contributed by atoms with van der Waals surface area (Å²) in [5.41, 5.74) is -0.380. The van der Waals surface area contributed by atoms with Gasteiger partial charge >= 0.3 is 6.18 Å². The molecule has 0 spiro atoms. The standard InChI is InChI=1S/C15H15F3N4/c16-15(17,18)12-10-13(22-8-2-1-3-9-22)21-14(20-12)11-4-6-19-7-5-11/h4-7,10H,1-3,8-9H2. The zero-order valence-electron chi connectivity index (χ0n) is 11.8. The number of aromatic nitrogens is 3. The molecule has 0 amide bonds. The van der Waals surface area contributed by atoms with E-state index in [2.05, 4.69) is 15.0 Å². The van der Waals surface area contributed by atoms with Crippen molar-refractivity contribution < 1.29 is 13.2 Å². The molecule has 0 aliphatic carbocycles. The fourth-order valence-electron chi connectivity index (χ4n) is 2.49. The van der Waals surface area contributed by atoms with Gasteiger partial charge in [0.25, 0.3) is 0 Å². The number of hydrogen-bond donors (Lipinski definition) is 0. The summed E-state index contributed by atoms with van der Waals surface area (Å²) in [6.07, 6.45) is 1.57. The smallest absolute Gasteiger partial charge is 0.356 e.